The minimum atomic E-state index is -0.979. The molecule has 0 radical (unpaired) electrons. The third-order valence-electron chi connectivity index (χ3n) is 2.98. The zero-order chi connectivity index (χ0) is 15.4. The summed E-state index contributed by atoms with van der Waals surface area (Å²) in [7, 11) is 0. The van der Waals surface area contributed by atoms with E-state index in [0.29, 0.717) is 23.5 Å². The fourth-order valence-corrected chi connectivity index (χ4v) is 3.48. The summed E-state index contributed by atoms with van der Waals surface area (Å²) in [5, 5.41) is 16.5. The maximum absolute atomic E-state index is 11.9. The van der Waals surface area contributed by atoms with Crippen LogP contribution in [-0.2, 0) is 11.2 Å². The summed E-state index contributed by atoms with van der Waals surface area (Å²) in [4.78, 5) is 27.3. The Morgan fingerprint density at radius 2 is 2.24 bits per heavy atom. The molecule has 0 bridgehead atoms. The minimum absolute atomic E-state index is 0.0570. The van der Waals surface area contributed by atoms with Crippen molar-refractivity contribution in [3.05, 3.63) is 38.0 Å². The number of carboxylic acids is 1. The van der Waals surface area contributed by atoms with Crippen molar-refractivity contribution in [2.75, 3.05) is 0 Å². The molecule has 0 aliphatic rings. The number of hydrogen-bond donors (Lipinski definition) is 2. The number of nitrogens with one attached hydrogen (secondary N) is 1. The Kier molecular flexibility index (Phi) is 5.08. The number of aryl methyl sites for hydroxylation is 2. The monoisotopic (exact) mass is 324 g/mol. The molecule has 2 aromatic heterocycles. The van der Waals surface area contributed by atoms with Crippen LogP contribution in [0.5, 0.6) is 0 Å². The third kappa shape index (κ3) is 4.12. The Hall–Kier alpha value is -1.73. The van der Waals surface area contributed by atoms with Crippen molar-refractivity contribution < 1.29 is 14.7 Å². The zero-order valence-corrected chi connectivity index (χ0v) is 13.4. The first-order valence-electron chi connectivity index (χ1n) is 6.48. The van der Waals surface area contributed by atoms with Gasteiger partial charge in [-0.1, -0.05) is 0 Å². The SMILES string of the molecule is Cc1nc([C@H](C)NC(=O)CCc2ccsc2)sc1C(=O)O. The van der Waals surface area contributed by atoms with E-state index < -0.39 is 5.97 Å². The van der Waals surface area contributed by atoms with E-state index in [1.807, 2.05) is 23.8 Å². The Labute approximate surface area is 130 Å². The normalized spacial score (nSPS) is 12.1. The van der Waals surface area contributed by atoms with Crippen LogP contribution in [0.25, 0.3) is 0 Å². The van der Waals surface area contributed by atoms with Crippen molar-refractivity contribution in [1.29, 1.82) is 0 Å². The molecule has 2 N–H and O–H groups in total. The van der Waals surface area contributed by atoms with Gasteiger partial charge in [-0.2, -0.15) is 11.3 Å². The number of carbonyl (C=O) groups is 2. The molecule has 0 spiro atoms. The number of amides is 1. The Morgan fingerprint density at radius 3 is 2.81 bits per heavy atom. The topological polar surface area (TPSA) is 79.3 Å². The molecule has 2 aromatic rings. The van der Waals surface area contributed by atoms with Gasteiger partial charge in [-0.25, -0.2) is 9.78 Å². The minimum Gasteiger partial charge on any atom is -0.477 e. The molecule has 2 rings (SSSR count). The van der Waals surface area contributed by atoms with Crippen LogP contribution in [0, 0.1) is 6.92 Å². The predicted octanol–water partition coefficient (Wildman–Crippen LogP) is 3.02. The van der Waals surface area contributed by atoms with E-state index in [9.17, 15) is 9.59 Å². The highest BCUT2D eigenvalue weighted by Gasteiger charge is 2.19. The summed E-state index contributed by atoms with van der Waals surface area (Å²) in [5.41, 5.74) is 1.64. The zero-order valence-electron chi connectivity index (χ0n) is 11.8. The van der Waals surface area contributed by atoms with E-state index in [1.165, 1.54) is 0 Å². The largest absolute Gasteiger partial charge is 0.477 e. The molecule has 5 nitrogen and oxygen atoms in total. The van der Waals surface area contributed by atoms with Crippen LogP contribution in [0.1, 0.15) is 45.3 Å². The van der Waals surface area contributed by atoms with Gasteiger partial charge in [-0.05, 0) is 42.7 Å². The lowest BCUT2D eigenvalue weighted by atomic mass is 10.2. The second-order valence-electron chi connectivity index (χ2n) is 4.69. The number of carboxylic acid groups (broad SMARTS) is 1. The molecule has 0 unspecified atom stereocenters. The van der Waals surface area contributed by atoms with E-state index >= 15 is 0 Å². The van der Waals surface area contributed by atoms with Gasteiger partial charge in [-0.15, -0.1) is 11.3 Å². The van der Waals surface area contributed by atoms with Crippen LogP contribution in [-0.4, -0.2) is 22.0 Å². The molecule has 0 saturated heterocycles. The summed E-state index contributed by atoms with van der Waals surface area (Å²) >= 11 is 2.72. The number of aromatic carboxylic acids is 1. The molecule has 0 saturated carbocycles. The van der Waals surface area contributed by atoms with Gasteiger partial charge >= 0.3 is 5.97 Å². The molecule has 7 heteroatoms. The Morgan fingerprint density at radius 1 is 1.48 bits per heavy atom. The van der Waals surface area contributed by atoms with Crippen molar-refractivity contribution >= 4 is 34.6 Å². The third-order valence-corrected chi connectivity index (χ3v) is 5.04. The molecule has 1 amide bonds. The van der Waals surface area contributed by atoms with Crippen molar-refractivity contribution in [2.45, 2.75) is 32.7 Å². The van der Waals surface area contributed by atoms with Gasteiger partial charge in [0.1, 0.15) is 9.88 Å². The van der Waals surface area contributed by atoms with Gasteiger partial charge in [-0.3, -0.25) is 4.79 Å². The fraction of sp³-hybridized carbons (Fsp3) is 0.357. The lowest BCUT2D eigenvalue weighted by molar-refractivity contribution is -0.121. The first-order chi connectivity index (χ1) is 9.97. The Balaban J connectivity index is 1.91. The van der Waals surface area contributed by atoms with E-state index in [1.54, 1.807) is 18.3 Å². The van der Waals surface area contributed by atoms with Crippen LogP contribution in [0.3, 0.4) is 0 Å². The average molecular weight is 324 g/mol. The van der Waals surface area contributed by atoms with Gasteiger partial charge in [0.2, 0.25) is 5.91 Å². The molecule has 2 heterocycles. The number of carbonyl (C=O) groups excluding carboxylic acids is 1. The quantitative estimate of drug-likeness (QED) is 0.856. The highest BCUT2D eigenvalue weighted by molar-refractivity contribution is 7.13. The number of thiazole rings is 1. The van der Waals surface area contributed by atoms with Crippen molar-refractivity contribution in [3.8, 4) is 0 Å². The predicted molar refractivity (Wildman–Crippen MR) is 83.0 cm³/mol. The lowest BCUT2D eigenvalue weighted by Crippen LogP contribution is -2.26. The first kappa shape index (κ1) is 15.7. The maximum Gasteiger partial charge on any atom is 0.347 e. The van der Waals surface area contributed by atoms with E-state index in [-0.39, 0.29) is 16.8 Å². The van der Waals surface area contributed by atoms with E-state index in [4.69, 9.17) is 5.11 Å². The van der Waals surface area contributed by atoms with Crippen LogP contribution in [0.15, 0.2) is 16.8 Å². The summed E-state index contributed by atoms with van der Waals surface area (Å²) in [5.74, 6) is -1.04. The maximum atomic E-state index is 11.9. The molecular weight excluding hydrogens is 308 g/mol. The highest BCUT2D eigenvalue weighted by Crippen LogP contribution is 2.23. The van der Waals surface area contributed by atoms with Crippen LogP contribution in [0.4, 0.5) is 0 Å². The standard InChI is InChI=1S/C14H16N2O3S2/c1-8-12(14(18)19)21-13(16-8)9(2)15-11(17)4-3-10-5-6-20-7-10/h5-7,9H,3-4H2,1-2H3,(H,15,17)(H,18,19)/t9-/m0/s1. The summed E-state index contributed by atoms with van der Waals surface area (Å²) in [6.45, 7) is 3.47. The average Bonchev–Trinajstić information content (AvgIpc) is 3.05. The number of rotatable bonds is 6. The van der Waals surface area contributed by atoms with Crippen LogP contribution < -0.4 is 5.32 Å². The molecule has 0 aliphatic heterocycles. The Bertz CT molecular complexity index is 635. The van der Waals surface area contributed by atoms with Crippen LogP contribution in [0.2, 0.25) is 0 Å². The summed E-state index contributed by atoms with van der Waals surface area (Å²) in [6, 6.07) is 1.72. The molecular formula is C14H16N2O3S2. The molecule has 112 valence electrons. The second kappa shape index (κ2) is 6.82. The van der Waals surface area contributed by atoms with Crippen molar-refractivity contribution in [1.82, 2.24) is 10.3 Å². The van der Waals surface area contributed by atoms with E-state index in [2.05, 4.69) is 10.3 Å². The number of thiophene rings is 1. The van der Waals surface area contributed by atoms with Gasteiger partial charge in [0.25, 0.3) is 0 Å². The lowest BCUT2D eigenvalue weighted by Gasteiger charge is -2.10. The second-order valence-corrected chi connectivity index (χ2v) is 6.50. The summed E-state index contributed by atoms with van der Waals surface area (Å²) in [6.07, 6.45) is 1.12. The van der Waals surface area contributed by atoms with E-state index in [0.717, 1.165) is 16.9 Å². The molecule has 0 aliphatic carbocycles. The molecule has 21 heavy (non-hydrogen) atoms. The van der Waals surface area contributed by atoms with Crippen molar-refractivity contribution in [3.63, 3.8) is 0 Å². The highest BCUT2D eigenvalue weighted by atomic mass is 32.1. The smallest absolute Gasteiger partial charge is 0.347 e. The van der Waals surface area contributed by atoms with Gasteiger partial charge < -0.3 is 10.4 Å². The molecule has 0 aromatic carbocycles. The van der Waals surface area contributed by atoms with Crippen molar-refractivity contribution in [2.24, 2.45) is 0 Å². The molecule has 0 fully saturated rings. The fourth-order valence-electron chi connectivity index (χ4n) is 1.87. The van der Waals surface area contributed by atoms with Gasteiger partial charge in [0.15, 0.2) is 0 Å². The van der Waals surface area contributed by atoms with Gasteiger partial charge in [0.05, 0.1) is 11.7 Å². The number of aromatic nitrogens is 1. The van der Waals surface area contributed by atoms with Crippen LogP contribution >= 0.6 is 22.7 Å². The first-order valence-corrected chi connectivity index (χ1v) is 8.24. The number of nitrogens with zero attached hydrogens (tertiary/aromatic N) is 1. The molecule has 1 atom stereocenters. The van der Waals surface area contributed by atoms with Gasteiger partial charge in [0, 0.05) is 6.42 Å². The summed E-state index contributed by atoms with van der Waals surface area (Å²) < 4.78 is 0. The number of hydrogen-bond acceptors (Lipinski definition) is 5.